The van der Waals surface area contributed by atoms with E-state index in [4.69, 9.17) is 0 Å². The Labute approximate surface area is 119 Å². The van der Waals surface area contributed by atoms with Crippen molar-refractivity contribution in [2.45, 2.75) is 25.6 Å². The van der Waals surface area contributed by atoms with Crippen molar-refractivity contribution in [1.82, 2.24) is 20.2 Å². The topological polar surface area (TPSA) is 41.0 Å². The third-order valence-electron chi connectivity index (χ3n) is 3.73. The number of rotatable bonds is 5. The molecule has 1 saturated heterocycles. The number of nitrogens with one attached hydrogen (secondary N) is 1. The Balaban J connectivity index is 1.45. The van der Waals surface area contributed by atoms with Crippen molar-refractivity contribution in [3.05, 3.63) is 60.2 Å². The van der Waals surface area contributed by atoms with Gasteiger partial charge < -0.3 is 5.32 Å². The van der Waals surface area contributed by atoms with Crippen molar-refractivity contribution in [3.63, 3.8) is 0 Å². The summed E-state index contributed by atoms with van der Waals surface area (Å²) in [6.45, 7) is 4.18. The van der Waals surface area contributed by atoms with Crippen LogP contribution in [0, 0.1) is 0 Å². The molecular weight excluding hydrogens is 248 g/mol. The van der Waals surface area contributed by atoms with Gasteiger partial charge in [-0.05, 0) is 12.0 Å². The molecule has 1 atom stereocenters. The van der Waals surface area contributed by atoms with Crippen LogP contribution in [0.25, 0.3) is 0 Å². The van der Waals surface area contributed by atoms with Crippen LogP contribution in [0.3, 0.4) is 0 Å². The zero-order chi connectivity index (χ0) is 13.6. The Bertz CT molecular complexity index is 515. The summed E-state index contributed by atoms with van der Waals surface area (Å²) in [4.78, 5) is 10.6. The maximum atomic E-state index is 4.04. The van der Waals surface area contributed by atoms with E-state index in [1.165, 1.54) is 12.0 Å². The first-order chi connectivity index (χ1) is 9.90. The van der Waals surface area contributed by atoms with E-state index in [9.17, 15) is 0 Å². The summed E-state index contributed by atoms with van der Waals surface area (Å²) >= 11 is 0. The van der Waals surface area contributed by atoms with Gasteiger partial charge in [0.15, 0.2) is 0 Å². The normalized spacial score (nSPS) is 19.3. The van der Waals surface area contributed by atoms with E-state index in [1.54, 1.807) is 6.33 Å². The smallest absolute Gasteiger partial charge is 0.115 e. The lowest BCUT2D eigenvalue weighted by molar-refractivity contribution is 0.320. The van der Waals surface area contributed by atoms with Crippen LogP contribution in [-0.2, 0) is 13.1 Å². The molecule has 1 fully saturated rings. The Morgan fingerprint density at radius 3 is 2.70 bits per heavy atom. The molecule has 20 heavy (non-hydrogen) atoms. The number of hydrogen-bond donors (Lipinski definition) is 1. The number of hydrogen-bond acceptors (Lipinski definition) is 4. The molecule has 4 nitrogen and oxygen atoms in total. The quantitative estimate of drug-likeness (QED) is 0.898. The molecular formula is C16H20N4. The van der Waals surface area contributed by atoms with Crippen LogP contribution in [0.4, 0.5) is 0 Å². The van der Waals surface area contributed by atoms with Crippen LogP contribution in [0.2, 0.25) is 0 Å². The van der Waals surface area contributed by atoms with E-state index >= 15 is 0 Å². The summed E-state index contributed by atoms with van der Waals surface area (Å²) in [5.41, 5.74) is 2.54. The highest BCUT2D eigenvalue weighted by Gasteiger charge is 2.21. The molecule has 2 aromatic rings. The fourth-order valence-electron chi connectivity index (χ4n) is 2.67. The lowest BCUT2D eigenvalue weighted by Crippen LogP contribution is -2.32. The van der Waals surface area contributed by atoms with E-state index in [0.717, 1.165) is 31.7 Å². The van der Waals surface area contributed by atoms with Gasteiger partial charge in [0.2, 0.25) is 0 Å². The first-order valence-corrected chi connectivity index (χ1v) is 7.14. The van der Waals surface area contributed by atoms with Crippen LogP contribution in [0.5, 0.6) is 0 Å². The van der Waals surface area contributed by atoms with Gasteiger partial charge in [-0.1, -0.05) is 30.3 Å². The standard InChI is InChI=1S/C16H20N4/c1-2-4-14(5-3-1)11-20-7-6-16(12-20)19-10-15-8-17-13-18-9-15/h1-5,8-9,13,16,19H,6-7,10-12H2. The van der Waals surface area contributed by atoms with Crippen LogP contribution in [-0.4, -0.2) is 34.0 Å². The minimum atomic E-state index is 0.568. The average molecular weight is 268 g/mol. The molecule has 104 valence electrons. The zero-order valence-corrected chi connectivity index (χ0v) is 11.6. The molecule has 0 radical (unpaired) electrons. The molecule has 0 spiro atoms. The summed E-state index contributed by atoms with van der Waals surface area (Å²) < 4.78 is 0. The van der Waals surface area contributed by atoms with E-state index in [0.29, 0.717) is 6.04 Å². The second-order valence-electron chi connectivity index (χ2n) is 5.33. The predicted octanol–water partition coefficient (Wildman–Crippen LogP) is 1.84. The molecule has 1 unspecified atom stereocenters. The van der Waals surface area contributed by atoms with Gasteiger partial charge in [-0.15, -0.1) is 0 Å². The van der Waals surface area contributed by atoms with Crippen LogP contribution in [0.1, 0.15) is 17.5 Å². The van der Waals surface area contributed by atoms with Crippen LogP contribution in [0.15, 0.2) is 49.1 Å². The molecule has 0 aliphatic carbocycles. The molecule has 1 N–H and O–H groups in total. The first kappa shape index (κ1) is 13.2. The molecule has 0 bridgehead atoms. The molecule has 1 aliphatic rings. The van der Waals surface area contributed by atoms with Gasteiger partial charge in [-0.2, -0.15) is 0 Å². The van der Waals surface area contributed by atoms with Crippen molar-refractivity contribution in [3.8, 4) is 0 Å². The number of likely N-dealkylation sites (tertiary alicyclic amines) is 1. The monoisotopic (exact) mass is 268 g/mol. The number of aromatic nitrogens is 2. The second kappa shape index (κ2) is 6.59. The van der Waals surface area contributed by atoms with Gasteiger partial charge in [0, 0.05) is 50.2 Å². The molecule has 2 heterocycles. The minimum Gasteiger partial charge on any atom is -0.308 e. The maximum Gasteiger partial charge on any atom is 0.115 e. The van der Waals surface area contributed by atoms with Gasteiger partial charge in [0.1, 0.15) is 6.33 Å². The van der Waals surface area contributed by atoms with Gasteiger partial charge in [0.05, 0.1) is 0 Å². The average Bonchev–Trinajstić information content (AvgIpc) is 2.95. The van der Waals surface area contributed by atoms with Crippen molar-refractivity contribution in [1.29, 1.82) is 0 Å². The summed E-state index contributed by atoms with van der Waals surface area (Å²) in [6, 6.07) is 11.2. The lowest BCUT2D eigenvalue weighted by atomic mass is 10.2. The Morgan fingerprint density at radius 2 is 1.90 bits per heavy atom. The fraction of sp³-hybridized carbons (Fsp3) is 0.375. The Kier molecular flexibility index (Phi) is 4.35. The van der Waals surface area contributed by atoms with E-state index < -0.39 is 0 Å². The zero-order valence-electron chi connectivity index (χ0n) is 11.6. The van der Waals surface area contributed by atoms with Crippen molar-refractivity contribution < 1.29 is 0 Å². The second-order valence-corrected chi connectivity index (χ2v) is 5.33. The van der Waals surface area contributed by atoms with E-state index in [1.807, 2.05) is 12.4 Å². The van der Waals surface area contributed by atoms with Crippen molar-refractivity contribution >= 4 is 0 Å². The number of benzene rings is 1. The molecule has 1 aromatic heterocycles. The maximum absolute atomic E-state index is 4.04. The summed E-state index contributed by atoms with van der Waals surface area (Å²) in [6.07, 6.45) is 6.52. The molecule has 0 saturated carbocycles. The SMILES string of the molecule is c1ccc(CN2CCC(NCc3cncnc3)C2)cc1. The largest absolute Gasteiger partial charge is 0.308 e. The van der Waals surface area contributed by atoms with Gasteiger partial charge >= 0.3 is 0 Å². The summed E-state index contributed by atoms with van der Waals surface area (Å²) in [5, 5.41) is 3.59. The highest BCUT2D eigenvalue weighted by Crippen LogP contribution is 2.13. The van der Waals surface area contributed by atoms with Gasteiger partial charge in [0.25, 0.3) is 0 Å². The molecule has 1 aromatic carbocycles. The first-order valence-electron chi connectivity index (χ1n) is 7.14. The fourth-order valence-corrected chi connectivity index (χ4v) is 2.67. The third-order valence-corrected chi connectivity index (χ3v) is 3.73. The Hall–Kier alpha value is -1.78. The number of nitrogens with zero attached hydrogens (tertiary/aromatic N) is 3. The van der Waals surface area contributed by atoms with Gasteiger partial charge in [-0.3, -0.25) is 4.90 Å². The molecule has 1 aliphatic heterocycles. The van der Waals surface area contributed by atoms with E-state index in [2.05, 4.69) is 50.5 Å². The van der Waals surface area contributed by atoms with Crippen LogP contribution < -0.4 is 5.32 Å². The van der Waals surface area contributed by atoms with Crippen LogP contribution >= 0.6 is 0 Å². The predicted molar refractivity (Wildman–Crippen MR) is 79.0 cm³/mol. The van der Waals surface area contributed by atoms with Crippen molar-refractivity contribution in [2.75, 3.05) is 13.1 Å². The third kappa shape index (κ3) is 3.62. The lowest BCUT2D eigenvalue weighted by Gasteiger charge is -2.16. The highest BCUT2D eigenvalue weighted by molar-refractivity contribution is 5.14. The van der Waals surface area contributed by atoms with E-state index in [-0.39, 0.29) is 0 Å². The van der Waals surface area contributed by atoms with Crippen molar-refractivity contribution in [2.24, 2.45) is 0 Å². The molecule has 0 amide bonds. The van der Waals surface area contributed by atoms with Gasteiger partial charge in [-0.25, -0.2) is 9.97 Å². The molecule has 4 heteroatoms. The summed E-state index contributed by atoms with van der Waals surface area (Å²) in [5.74, 6) is 0. The molecule has 3 rings (SSSR count). The minimum absolute atomic E-state index is 0.568. The Morgan fingerprint density at radius 1 is 1.10 bits per heavy atom. The highest BCUT2D eigenvalue weighted by atomic mass is 15.2. The summed E-state index contributed by atoms with van der Waals surface area (Å²) in [7, 11) is 0.